The Bertz CT molecular complexity index is 2330. The largest absolute Gasteiger partial charge is 0.465 e. The Kier molecular flexibility index (Phi) is 11.2. The summed E-state index contributed by atoms with van der Waals surface area (Å²) in [6.45, 7) is 6.57. The van der Waals surface area contributed by atoms with E-state index in [4.69, 9.17) is 9.72 Å². The number of alkyl carbamates (subject to hydrolysis) is 1. The molecule has 3 fully saturated rings. The number of nitrogens with zero attached hydrogens (tertiary/aromatic N) is 4. The molecule has 60 heavy (non-hydrogen) atoms. The average molecular weight is 813 g/mol. The van der Waals surface area contributed by atoms with Crippen LogP contribution >= 0.6 is 0 Å². The molecule has 1 saturated carbocycles. The average Bonchev–Trinajstić information content (AvgIpc) is 4.09. The molecule has 0 spiro atoms. The third-order valence-corrected chi connectivity index (χ3v) is 11.9. The number of amides is 4. The van der Waals surface area contributed by atoms with Crippen LogP contribution in [0.1, 0.15) is 107 Å². The van der Waals surface area contributed by atoms with Crippen LogP contribution in [0.15, 0.2) is 91.3 Å². The molecule has 5 N–H and O–H groups in total. The number of hydrogen-bond acceptors (Lipinski definition) is 7. The molecule has 4 amide bonds. The first kappa shape index (κ1) is 40.3. The summed E-state index contributed by atoms with van der Waals surface area (Å²) in [5, 5.41) is 14.9. The number of hydrogen-bond donors (Lipinski definition) is 5. The molecule has 8 rings (SSSR count). The van der Waals surface area contributed by atoms with Crippen molar-refractivity contribution in [2.24, 2.45) is 0 Å². The fourth-order valence-corrected chi connectivity index (χ4v) is 8.97. The monoisotopic (exact) mass is 812 g/mol. The van der Waals surface area contributed by atoms with Crippen molar-refractivity contribution in [3.8, 4) is 33.6 Å². The summed E-state index contributed by atoms with van der Waals surface area (Å²) in [5.41, 5.74) is 4.66. The maximum Gasteiger partial charge on any atom is 0.408 e. The summed E-state index contributed by atoms with van der Waals surface area (Å²) in [4.78, 5) is 72.3. The molecule has 3 aromatic carbocycles. The zero-order chi connectivity index (χ0) is 42.0. The van der Waals surface area contributed by atoms with Gasteiger partial charge in [-0.05, 0) is 87.1 Å². The van der Waals surface area contributed by atoms with E-state index in [1.807, 2.05) is 50.1 Å². The SMILES string of the molecule is CC(C)(C)OC(=O)NC1(C(=O)N2CCC[C@H]2c2ncc(-c3ccc(-c4ccc(-c5cnc([C@@H]6CCCN6C(=O)[C@H](NC(=O)O)c6ccccc6)[nH]5)cc4)cc3)[nH]2)CCCC1. The van der Waals surface area contributed by atoms with Crippen LogP contribution in [0, 0.1) is 0 Å². The van der Waals surface area contributed by atoms with Crippen molar-refractivity contribution >= 4 is 24.0 Å². The first-order chi connectivity index (χ1) is 28.9. The predicted molar refractivity (Wildman–Crippen MR) is 225 cm³/mol. The van der Waals surface area contributed by atoms with Crippen molar-refractivity contribution in [3.63, 3.8) is 0 Å². The van der Waals surface area contributed by atoms with Gasteiger partial charge >= 0.3 is 12.2 Å². The number of carboxylic acid groups (broad SMARTS) is 1. The summed E-state index contributed by atoms with van der Waals surface area (Å²) in [6.07, 6.45) is 7.84. The Labute approximate surface area is 349 Å². The van der Waals surface area contributed by atoms with Gasteiger partial charge in [-0.3, -0.25) is 9.59 Å². The molecular weight excluding hydrogens is 761 g/mol. The van der Waals surface area contributed by atoms with E-state index in [-0.39, 0.29) is 23.9 Å². The van der Waals surface area contributed by atoms with Gasteiger partial charge in [0.1, 0.15) is 28.8 Å². The zero-order valence-electron chi connectivity index (χ0n) is 34.2. The molecule has 5 aromatic rings. The molecule has 14 heteroatoms. The maximum atomic E-state index is 14.2. The lowest BCUT2D eigenvalue weighted by Crippen LogP contribution is -2.58. The molecule has 4 heterocycles. The highest BCUT2D eigenvalue weighted by atomic mass is 16.6. The maximum absolute atomic E-state index is 14.2. The molecule has 312 valence electrons. The summed E-state index contributed by atoms with van der Waals surface area (Å²) >= 11 is 0. The minimum atomic E-state index is -1.26. The molecule has 14 nitrogen and oxygen atoms in total. The van der Waals surface area contributed by atoms with Crippen LogP contribution < -0.4 is 10.6 Å². The van der Waals surface area contributed by atoms with Gasteiger partial charge in [-0.25, -0.2) is 19.6 Å². The van der Waals surface area contributed by atoms with E-state index in [0.29, 0.717) is 37.3 Å². The number of aromatic nitrogens is 4. The Balaban J connectivity index is 0.919. The number of imidazole rings is 2. The summed E-state index contributed by atoms with van der Waals surface area (Å²) in [7, 11) is 0. The first-order valence-electron chi connectivity index (χ1n) is 20.9. The summed E-state index contributed by atoms with van der Waals surface area (Å²) in [6, 6.07) is 23.8. The van der Waals surface area contributed by atoms with Crippen LogP contribution in [0.5, 0.6) is 0 Å². The van der Waals surface area contributed by atoms with Gasteiger partial charge in [0.05, 0.1) is 35.9 Å². The Morgan fingerprint density at radius 3 is 1.75 bits per heavy atom. The van der Waals surface area contributed by atoms with Crippen LogP contribution in [-0.2, 0) is 14.3 Å². The Morgan fingerprint density at radius 2 is 1.23 bits per heavy atom. The van der Waals surface area contributed by atoms with Gasteiger partial charge in [-0.1, -0.05) is 91.7 Å². The van der Waals surface area contributed by atoms with E-state index in [9.17, 15) is 24.3 Å². The highest BCUT2D eigenvalue weighted by molar-refractivity contribution is 5.91. The van der Waals surface area contributed by atoms with Crippen molar-refractivity contribution in [3.05, 3.63) is 108 Å². The van der Waals surface area contributed by atoms with Crippen molar-refractivity contribution in [1.29, 1.82) is 0 Å². The van der Waals surface area contributed by atoms with Gasteiger partial charge in [0.25, 0.3) is 5.91 Å². The minimum Gasteiger partial charge on any atom is -0.465 e. The smallest absolute Gasteiger partial charge is 0.408 e. The fourth-order valence-electron chi connectivity index (χ4n) is 8.97. The van der Waals surface area contributed by atoms with E-state index in [2.05, 4.69) is 62.0 Å². The number of benzene rings is 3. The molecule has 2 aromatic heterocycles. The zero-order valence-corrected chi connectivity index (χ0v) is 34.2. The van der Waals surface area contributed by atoms with Crippen molar-refractivity contribution < 1.29 is 29.0 Å². The van der Waals surface area contributed by atoms with Gasteiger partial charge < -0.3 is 40.2 Å². The minimum absolute atomic E-state index is 0.0634. The lowest BCUT2D eigenvalue weighted by atomic mass is 9.95. The van der Waals surface area contributed by atoms with Crippen molar-refractivity contribution in [2.75, 3.05) is 13.1 Å². The molecule has 3 atom stereocenters. The predicted octanol–water partition coefficient (Wildman–Crippen LogP) is 8.31. The number of ether oxygens (including phenoxy) is 1. The lowest BCUT2D eigenvalue weighted by molar-refractivity contribution is -0.139. The van der Waals surface area contributed by atoms with Gasteiger partial charge in [0.15, 0.2) is 0 Å². The van der Waals surface area contributed by atoms with E-state index in [0.717, 1.165) is 78.0 Å². The molecule has 0 unspecified atom stereocenters. The fraction of sp³-hybridized carbons (Fsp3) is 0.391. The lowest BCUT2D eigenvalue weighted by Gasteiger charge is -2.36. The van der Waals surface area contributed by atoms with E-state index in [1.165, 1.54) is 0 Å². The van der Waals surface area contributed by atoms with Crippen molar-refractivity contribution in [1.82, 2.24) is 40.4 Å². The number of H-pyrrole nitrogens is 2. The third-order valence-electron chi connectivity index (χ3n) is 11.9. The Hall–Kier alpha value is -6.44. The van der Waals surface area contributed by atoms with E-state index < -0.39 is 29.4 Å². The normalized spacial score (nSPS) is 19.2. The molecule has 2 saturated heterocycles. The van der Waals surface area contributed by atoms with Crippen molar-refractivity contribution in [2.45, 2.75) is 101 Å². The molecular formula is C46H52N8O6. The quantitative estimate of drug-likeness (QED) is 0.0932. The molecule has 0 radical (unpaired) electrons. The summed E-state index contributed by atoms with van der Waals surface area (Å²) in [5.74, 6) is 1.04. The standard InChI is InChI=1S/C46H52N8O6/c1-45(2,3)60-44(59)52-46(23-7-8-24-46)42(56)54-26-10-14-37(54)40-48-28-35(50-40)32-21-17-30(18-22-32)29-15-19-31(20-16-29)34-27-47-39(49-34)36-13-9-25-53(36)41(55)38(51-43(57)58)33-11-5-4-6-12-33/h4-6,11-12,15-22,27-28,36-38,51H,7-10,13-14,23-26H2,1-3H3,(H,47,49)(H,48,50)(H,52,59)(H,57,58)/t36-,37-,38+/m0/s1. The number of nitrogens with one attached hydrogen (secondary N) is 4. The molecule has 2 aliphatic heterocycles. The van der Waals surface area contributed by atoms with E-state index in [1.54, 1.807) is 35.4 Å². The second-order valence-corrected chi connectivity index (χ2v) is 17.1. The highest BCUT2D eigenvalue weighted by Crippen LogP contribution is 2.39. The van der Waals surface area contributed by atoms with Crippen LogP contribution in [-0.4, -0.2) is 83.1 Å². The van der Waals surface area contributed by atoms with Crippen LogP contribution in [0.25, 0.3) is 33.6 Å². The second kappa shape index (κ2) is 16.7. The number of aromatic amines is 2. The van der Waals surface area contributed by atoms with Gasteiger partial charge in [-0.15, -0.1) is 0 Å². The first-order valence-corrected chi connectivity index (χ1v) is 20.9. The van der Waals surface area contributed by atoms with Gasteiger partial charge in [0, 0.05) is 13.1 Å². The number of carbonyl (C=O) groups is 4. The molecule has 0 bridgehead atoms. The topological polar surface area (TPSA) is 186 Å². The number of rotatable bonds is 10. The number of likely N-dealkylation sites (tertiary alicyclic amines) is 2. The van der Waals surface area contributed by atoms with Crippen LogP contribution in [0.4, 0.5) is 9.59 Å². The Morgan fingerprint density at radius 1 is 0.733 bits per heavy atom. The van der Waals surface area contributed by atoms with E-state index >= 15 is 0 Å². The molecule has 3 aliphatic rings. The van der Waals surface area contributed by atoms with Gasteiger partial charge in [0.2, 0.25) is 5.91 Å². The molecule has 1 aliphatic carbocycles. The third kappa shape index (κ3) is 8.50. The van der Waals surface area contributed by atoms with Gasteiger partial charge in [-0.2, -0.15) is 0 Å². The van der Waals surface area contributed by atoms with Crippen LogP contribution in [0.2, 0.25) is 0 Å². The number of carbonyl (C=O) groups excluding carboxylic acids is 3. The van der Waals surface area contributed by atoms with Crippen LogP contribution in [0.3, 0.4) is 0 Å². The second-order valence-electron chi connectivity index (χ2n) is 17.1. The highest BCUT2D eigenvalue weighted by Gasteiger charge is 2.48. The summed E-state index contributed by atoms with van der Waals surface area (Å²) < 4.78 is 5.54.